The number of ketones is 1. The predicted octanol–water partition coefficient (Wildman–Crippen LogP) is 4.07. The van der Waals surface area contributed by atoms with Crippen molar-refractivity contribution in [3.8, 4) is 0 Å². The Kier molecular flexibility index (Phi) is 4.25. The number of pyridine rings is 1. The van der Waals surface area contributed by atoms with E-state index in [2.05, 4.69) is 4.98 Å². The largest absolute Gasteiger partial charge is 0.454 e. The fourth-order valence-corrected chi connectivity index (χ4v) is 3.47. The van der Waals surface area contributed by atoms with Crippen LogP contribution in [0.4, 0.5) is 0 Å². The van der Waals surface area contributed by atoms with Gasteiger partial charge in [-0.3, -0.25) is 9.78 Å². The Bertz CT molecular complexity index is 1010. The summed E-state index contributed by atoms with van der Waals surface area (Å²) in [6, 6.07) is 14.8. The minimum absolute atomic E-state index is 0.201. The molecule has 0 amide bonds. The first-order valence-electron chi connectivity index (χ1n) is 8.81. The molecule has 0 atom stereocenters. The van der Waals surface area contributed by atoms with Crippen LogP contribution < -0.4 is 0 Å². The summed E-state index contributed by atoms with van der Waals surface area (Å²) in [5.41, 5.74) is 4.94. The molecule has 2 aromatic carbocycles. The number of aromatic nitrogens is 1. The lowest BCUT2D eigenvalue weighted by Gasteiger charge is -2.12. The van der Waals surface area contributed by atoms with E-state index in [1.54, 1.807) is 12.1 Å². The molecular formula is C22H19NO3. The Morgan fingerprint density at radius 3 is 2.62 bits per heavy atom. The summed E-state index contributed by atoms with van der Waals surface area (Å²) in [4.78, 5) is 29.8. The number of fused-ring (bicyclic) bond motifs is 2. The van der Waals surface area contributed by atoms with Crippen LogP contribution in [0.2, 0.25) is 0 Å². The zero-order chi connectivity index (χ0) is 18.1. The zero-order valence-electron chi connectivity index (χ0n) is 14.6. The molecule has 0 radical (unpaired) electrons. The molecule has 1 heterocycles. The van der Waals surface area contributed by atoms with Crippen molar-refractivity contribution in [2.75, 3.05) is 6.61 Å². The molecule has 0 saturated heterocycles. The van der Waals surface area contributed by atoms with Gasteiger partial charge in [-0.15, -0.1) is 0 Å². The Labute approximate surface area is 151 Å². The lowest BCUT2D eigenvalue weighted by molar-refractivity contribution is 0.0475. The van der Waals surface area contributed by atoms with Crippen molar-refractivity contribution in [3.63, 3.8) is 0 Å². The number of benzene rings is 2. The highest BCUT2D eigenvalue weighted by atomic mass is 16.5. The molecule has 1 aliphatic rings. The van der Waals surface area contributed by atoms with Crippen LogP contribution in [0, 0.1) is 6.92 Å². The molecule has 0 N–H and O–H groups in total. The van der Waals surface area contributed by atoms with Crippen molar-refractivity contribution >= 4 is 22.7 Å². The number of hydrogen-bond acceptors (Lipinski definition) is 4. The monoisotopic (exact) mass is 345 g/mol. The Balaban J connectivity index is 1.61. The molecule has 1 aromatic heterocycles. The molecule has 0 aliphatic heterocycles. The number of aryl methyl sites for hydroxylation is 2. The number of para-hydroxylation sites is 1. The summed E-state index contributed by atoms with van der Waals surface area (Å²) in [5.74, 6) is -0.643. The van der Waals surface area contributed by atoms with Crippen LogP contribution in [0.15, 0.2) is 48.5 Å². The van der Waals surface area contributed by atoms with E-state index in [0.29, 0.717) is 11.1 Å². The van der Waals surface area contributed by atoms with Gasteiger partial charge in [0.05, 0.1) is 11.1 Å². The van der Waals surface area contributed by atoms with Crippen LogP contribution in [0.5, 0.6) is 0 Å². The second-order valence-corrected chi connectivity index (χ2v) is 6.65. The van der Waals surface area contributed by atoms with Crippen molar-refractivity contribution in [1.29, 1.82) is 0 Å². The van der Waals surface area contributed by atoms with Gasteiger partial charge in [-0.25, -0.2) is 4.79 Å². The maximum Gasteiger partial charge on any atom is 0.339 e. The molecule has 0 saturated carbocycles. The summed E-state index contributed by atoms with van der Waals surface area (Å²) in [5, 5.41) is 0.793. The Hall–Kier alpha value is -3.01. The van der Waals surface area contributed by atoms with Gasteiger partial charge < -0.3 is 4.74 Å². The number of rotatable bonds is 4. The molecule has 1 aliphatic carbocycles. The van der Waals surface area contributed by atoms with Gasteiger partial charge >= 0.3 is 5.97 Å². The second kappa shape index (κ2) is 6.71. The molecule has 4 nitrogen and oxygen atoms in total. The molecule has 4 rings (SSSR count). The third-order valence-electron chi connectivity index (χ3n) is 4.83. The summed E-state index contributed by atoms with van der Waals surface area (Å²) in [6.45, 7) is 1.71. The van der Waals surface area contributed by atoms with E-state index in [1.807, 2.05) is 43.3 Å². The quantitative estimate of drug-likeness (QED) is 0.528. The molecule has 0 unspecified atom stereocenters. The maximum absolute atomic E-state index is 12.8. The normalized spacial score (nSPS) is 12.8. The smallest absolute Gasteiger partial charge is 0.339 e. The van der Waals surface area contributed by atoms with E-state index in [0.717, 1.165) is 47.0 Å². The van der Waals surface area contributed by atoms with Gasteiger partial charge in [-0.1, -0.05) is 48.0 Å². The summed E-state index contributed by atoms with van der Waals surface area (Å²) in [7, 11) is 0. The fourth-order valence-electron chi connectivity index (χ4n) is 3.47. The third-order valence-corrected chi connectivity index (χ3v) is 4.83. The summed E-state index contributed by atoms with van der Waals surface area (Å²) in [6.07, 6.45) is 2.69. The number of hydrogen-bond donors (Lipinski definition) is 0. The van der Waals surface area contributed by atoms with Gasteiger partial charge in [0.15, 0.2) is 12.4 Å². The van der Waals surface area contributed by atoms with Crippen LogP contribution in [0.3, 0.4) is 0 Å². The van der Waals surface area contributed by atoms with Gasteiger partial charge in [0.1, 0.15) is 0 Å². The SMILES string of the molecule is Cc1ccc(C(=O)COC(=O)c2c3c(nc4ccccc24)CCC3)cc1. The van der Waals surface area contributed by atoms with Gasteiger partial charge in [0, 0.05) is 16.6 Å². The van der Waals surface area contributed by atoms with Crippen molar-refractivity contribution < 1.29 is 14.3 Å². The highest BCUT2D eigenvalue weighted by Gasteiger charge is 2.25. The number of ether oxygens (including phenoxy) is 1. The van der Waals surface area contributed by atoms with Crippen LogP contribution >= 0.6 is 0 Å². The predicted molar refractivity (Wildman–Crippen MR) is 99.6 cm³/mol. The fraction of sp³-hybridized carbons (Fsp3) is 0.227. The summed E-state index contributed by atoms with van der Waals surface area (Å²) < 4.78 is 5.39. The lowest BCUT2D eigenvalue weighted by atomic mass is 10.0. The van der Waals surface area contributed by atoms with Crippen molar-refractivity contribution in [3.05, 3.63) is 76.5 Å². The Morgan fingerprint density at radius 2 is 1.81 bits per heavy atom. The van der Waals surface area contributed by atoms with E-state index in [1.165, 1.54) is 0 Å². The molecule has 130 valence electrons. The van der Waals surface area contributed by atoms with E-state index in [4.69, 9.17) is 4.74 Å². The van der Waals surface area contributed by atoms with Gasteiger partial charge in [0.2, 0.25) is 0 Å². The number of esters is 1. The van der Waals surface area contributed by atoms with Crippen molar-refractivity contribution in [2.24, 2.45) is 0 Å². The lowest BCUT2D eigenvalue weighted by Crippen LogP contribution is -2.16. The van der Waals surface area contributed by atoms with Crippen LogP contribution in [0.25, 0.3) is 10.9 Å². The number of nitrogens with zero attached hydrogens (tertiary/aromatic N) is 1. The molecule has 4 heteroatoms. The minimum Gasteiger partial charge on any atom is -0.454 e. The van der Waals surface area contributed by atoms with Crippen molar-refractivity contribution in [1.82, 2.24) is 4.98 Å². The van der Waals surface area contributed by atoms with Crippen LogP contribution in [0.1, 0.15) is 44.0 Å². The van der Waals surface area contributed by atoms with Gasteiger partial charge in [0.25, 0.3) is 0 Å². The minimum atomic E-state index is -0.442. The van der Waals surface area contributed by atoms with Gasteiger partial charge in [-0.2, -0.15) is 0 Å². The topological polar surface area (TPSA) is 56.3 Å². The average Bonchev–Trinajstić information content (AvgIpc) is 3.12. The third kappa shape index (κ3) is 2.99. The Morgan fingerprint density at radius 1 is 1.04 bits per heavy atom. The molecule has 0 fully saturated rings. The van der Waals surface area contributed by atoms with Crippen LogP contribution in [-0.4, -0.2) is 23.3 Å². The van der Waals surface area contributed by atoms with Crippen LogP contribution in [-0.2, 0) is 17.6 Å². The highest BCUT2D eigenvalue weighted by Crippen LogP contribution is 2.30. The first kappa shape index (κ1) is 16.5. The first-order valence-corrected chi connectivity index (χ1v) is 8.81. The highest BCUT2D eigenvalue weighted by molar-refractivity contribution is 6.06. The molecule has 3 aromatic rings. The number of carbonyl (C=O) groups is 2. The molecule has 26 heavy (non-hydrogen) atoms. The second-order valence-electron chi connectivity index (χ2n) is 6.65. The standard InChI is InChI=1S/C22H19NO3/c1-14-9-11-15(12-10-14)20(24)13-26-22(25)21-16-5-2-3-7-18(16)23-19-8-4-6-17(19)21/h2-3,5,7,9-12H,4,6,8,13H2,1H3. The summed E-state index contributed by atoms with van der Waals surface area (Å²) >= 11 is 0. The van der Waals surface area contributed by atoms with E-state index in [-0.39, 0.29) is 12.4 Å². The average molecular weight is 345 g/mol. The first-order chi connectivity index (χ1) is 12.6. The molecule has 0 bridgehead atoms. The number of carbonyl (C=O) groups excluding carboxylic acids is 2. The zero-order valence-corrected chi connectivity index (χ0v) is 14.6. The number of Topliss-reactive ketones (excluding diaryl/α,β-unsaturated/α-hetero) is 1. The van der Waals surface area contributed by atoms with Crippen molar-refractivity contribution in [2.45, 2.75) is 26.2 Å². The van der Waals surface area contributed by atoms with E-state index >= 15 is 0 Å². The molecular weight excluding hydrogens is 326 g/mol. The van der Waals surface area contributed by atoms with E-state index < -0.39 is 5.97 Å². The molecule has 0 spiro atoms. The maximum atomic E-state index is 12.8. The van der Waals surface area contributed by atoms with Gasteiger partial charge in [-0.05, 0) is 37.8 Å². The van der Waals surface area contributed by atoms with E-state index in [9.17, 15) is 9.59 Å².